The van der Waals surface area contributed by atoms with E-state index in [1.54, 1.807) is 12.3 Å². The molecule has 2 aromatic rings. The van der Waals surface area contributed by atoms with Gasteiger partial charge >= 0.3 is 5.97 Å². The highest BCUT2D eigenvalue weighted by Gasteiger charge is 2.20. The maximum Gasteiger partial charge on any atom is 0.339 e. The van der Waals surface area contributed by atoms with Gasteiger partial charge in [0.05, 0.1) is 17.2 Å². The van der Waals surface area contributed by atoms with E-state index in [0.717, 1.165) is 22.3 Å². The summed E-state index contributed by atoms with van der Waals surface area (Å²) >= 11 is 1.37. The molecule has 0 radical (unpaired) electrons. The summed E-state index contributed by atoms with van der Waals surface area (Å²) in [5.74, 6) is -0.314. The summed E-state index contributed by atoms with van der Waals surface area (Å²) in [6, 6.07) is 6.14. The van der Waals surface area contributed by atoms with E-state index in [0.29, 0.717) is 17.2 Å². The summed E-state index contributed by atoms with van der Waals surface area (Å²) in [4.78, 5) is 12.0. The molecular weight excluding hydrogens is 258 g/mol. The molecule has 0 saturated heterocycles. The molecule has 0 aliphatic rings. The lowest BCUT2D eigenvalue weighted by Gasteiger charge is -2.09. The Labute approximate surface area is 117 Å². The molecule has 0 aliphatic carbocycles. The highest BCUT2D eigenvalue weighted by Crippen LogP contribution is 2.37. The second kappa shape index (κ2) is 5.45. The predicted octanol–water partition coefficient (Wildman–Crippen LogP) is 3.79. The molecule has 19 heavy (non-hydrogen) atoms. The van der Waals surface area contributed by atoms with Crippen molar-refractivity contribution in [2.75, 3.05) is 12.3 Å². The van der Waals surface area contributed by atoms with Gasteiger partial charge in [-0.3, -0.25) is 0 Å². The van der Waals surface area contributed by atoms with E-state index in [-0.39, 0.29) is 5.97 Å². The minimum Gasteiger partial charge on any atom is -0.462 e. The molecule has 3 nitrogen and oxygen atoms in total. The van der Waals surface area contributed by atoms with Crippen LogP contribution in [0.4, 0.5) is 5.00 Å². The van der Waals surface area contributed by atoms with Gasteiger partial charge in [-0.15, -0.1) is 11.3 Å². The van der Waals surface area contributed by atoms with Crippen molar-refractivity contribution in [3.05, 3.63) is 40.3 Å². The fourth-order valence-electron chi connectivity index (χ4n) is 2.02. The first-order chi connectivity index (χ1) is 9.04. The van der Waals surface area contributed by atoms with Crippen LogP contribution in [-0.2, 0) is 4.74 Å². The summed E-state index contributed by atoms with van der Waals surface area (Å²) in [6.45, 7) is 6.20. The van der Waals surface area contributed by atoms with Gasteiger partial charge in [0, 0.05) is 10.9 Å². The topological polar surface area (TPSA) is 52.3 Å². The lowest BCUT2D eigenvalue weighted by Crippen LogP contribution is -2.05. The number of ether oxygens (including phenoxy) is 1. The molecule has 2 N–H and O–H groups in total. The minimum absolute atomic E-state index is 0.314. The first kappa shape index (κ1) is 13.6. The molecule has 0 unspecified atom stereocenters. The van der Waals surface area contributed by atoms with Crippen LogP contribution < -0.4 is 5.73 Å². The van der Waals surface area contributed by atoms with Crippen molar-refractivity contribution in [2.45, 2.75) is 20.8 Å². The van der Waals surface area contributed by atoms with Gasteiger partial charge in [-0.05, 0) is 31.9 Å². The Kier molecular flexibility index (Phi) is 3.90. The number of benzene rings is 1. The molecule has 4 heteroatoms. The van der Waals surface area contributed by atoms with Crippen LogP contribution in [0.25, 0.3) is 11.1 Å². The smallest absolute Gasteiger partial charge is 0.339 e. The number of nitrogen functional groups attached to an aromatic ring is 1. The van der Waals surface area contributed by atoms with Gasteiger partial charge in [-0.1, -0.05) is 23.8 Å². The van der Waals surface area contributed by atoms with E-state index >= 15 is 0 Å². The number of rotatable bonds is 3. The average molecular weight is 275 g/mol. The summed E-state index contributed by atoms with van der Waals surface area (Å²) in [5, 5.41) is 2.42. The fraction of sp³-hybridized carbons (Fsp3) is 0.267. The van der Waals surface area contributed by atoms with Gasteiger partial charge in [0.2, 0.25) is 0 Å². The molecule has 1 aromatic heterocycles. The van der Waals surface area contributed by atoms with Gasteiger partial charge in [0.1, 0.15) is 0 Å². The summed E-state index contributed by atoms with van der Waals surface area (Å²) in [5.41, 5.74) is 10.6. The van der Waals surface area contributed by atoms with Crippen LogP contribution in [-0.4, -0.2) is 12.6 Å². The van der Waals surface area contributed by atoms with Gasteiger partial charge in [-0.25, -0.2) is 4.79 Å². The zero-order valence-electron chi connectivity index (χ0n) is 11.3. The summed E-state index contributed by atoms with van der Waals surface area (Å²) < 4.78 is 5.09. The van der Waals surface area contributed by atoms with Crippen LogP contribution in [0, 0.1) is 13.8 Å². The number of carbonyl (C=O) groups excluding carboxylic acids is 1. The molecule has 0 fully saturated rings. The maximum atomic E-state index is 12.0. The number of anilines is 1. The first-order valence-corrected chi connectivity index (χ1v) is 7.04. The second-order valence-electron chi connectivity index (χ2n) is 4.43. The van der Waals surface area contributed by atoms with Crippen molar-refractivity contribution in [1.29, 1.82) is 0 Å². The Morgan fingerprint density at radius 1 is 1.37 bits per heavy atom. The Morgan fingerprint density at radius 3 is 2.79 bits per heavy atom. The maximum absolute atomic E-state index is 12.0. The number of nitrogens with two attached hydrogens (primary N) is 1. The van der Waals surface area contributed by atoms with Crippen molar-refractivity contribution < 1.29 is 9.53 Å². The van der Waals surface area contributed by atoms with Crippen LogP contribution in [0.5, 0.6) is 0 Å². The van der Waals surface area contributed by atoms with E-state index in [2.05, 4.69) is 6.07 Å². The monoisotopic (exact) mass is 275 g/mol. The molecule has 0 spiro atoms. The summed E-state index contributed by atoms with van der Waals surface area (Å²) in [6.07, 6.45) is 0. The molecule has 100 valence electrons. The highest BCUT2D eigenvalue weighted by molar-refractivity contribution is 7.15. The van der Waals surface area contributed by atoms with Gasteiger partial charge < -0.3 is 10.5 Å². The van der Waals surface area contributed by atoms with Crippen molar-refractivity contribution in [3.8, 4) is 11.1 Å². The molecule has 0 saturated carbocycles. The van der Waals surface area contributed by atoms with E-state index in [1.807, 2.05) is 26.0 Å². The van der Waals surface area contributed by atoms with Gasteiger partial charge in [0.25, 0.3) is 0 Å². The second-order valence-corrected chi connectivity index (χ2v) is 5.34. The van der Waals surface area contributed by atoms with Gasteiger partial charge in [-0.2, -0.15) is 0 Å². The zero-order valence-corrected chi connectivity index (χ0v) is 12.1. The van der Waals surface area contributed by atoms with E-state index < -0.39 is 0 Å². The molecule has 0 amide bonds. The first-order valence-electron chi connectivity index (χ1n) is 6.16. The zero-order chi connectivity index (χ0) is 14.0. The van der Waals surface area contributed by atoms with Crippen molar-refractivity contribution in [1.82, 2.24) is 0 Å². The summed E-state index contributed by atoms with van der Waals surface area (Å²) in [7, 11) is 0. The Morgan fingerprint density at radius 2 is 2.11 bits per heavy atom. The lowest BCUT2D eigenvalue weighted by molar-refractivity contribution is 0.0528. The third kappa shape index (κ3) is 2.63. The third-order valence-corrected chi connectivity index (χ3v) is 3.79. The molecule has 0 bridgehead atoms. The number of carbonyl (C=O) groups is 1. The Hall–Kier alpha value is -1.81. The molecule has 1 heterocycles. The molecule has 0 aliphatic heterocycles. The predicted molar refractivity (Wildman–Crippen MR) is 79.6 cm³/mol. The van der Waals surface area contributed by atoms with Crippen molar-refractivity contribution in [2.24, 2.45) is 0 Å². The fourth-order valence-corrected chi connectivity index (χ4v) is 2.81. The molecule has 2 rings (SSSR count). The Balaban J connectivity index is 2.58. The number of hydrogen-bond acceptors (Lipinski definition) is 4. The lowest BCUT2D eigenvalue weighted by atomic mass is 9.97. The van der Waals surface area contributed by atoms with Gasteiger partial charge in [0.15, 0.2) is 0 Å². The van der Waals surface area contributed by atoms with Crippen molar-refractivity contribution >= 4 is 22.3 Å². The number of hydrogen-bond donors (Lipinski definition) is 1. The SMILES string of the molecule is CCOC(=O)c1csc(N)c1-c1cc(C)ccc1C. The van der Waals surface area contributed by atoms with Crippen LogP contribution in [0.3, 0.4) is 0 Å². The van der Waals surface area contributed by atoms with E-state index in [1.165, 1.54) is 11.3 Å². The van der Waals surface area contributed by atoms with Crippen LogP contribution in [0.1, 0.15) is 28.4 Å². The molecular formula is C15H17NO2S. The minimum atomic E-state index is -0.314. The average Bonchev–Trinajstić information content (AvgIpc) is 2.74. The molecule has 1 aromatic carbocycles. The highest BCUT2D eigenvalue weighted by atomic mass is 32.1. The van der Waals surface area contributed by atoms with Crippen LogP contribution in [0.2, 0.25) is 0 Å². The van der Waals surface area contributed by atoms with Crippen molar-refractivity contribution in [3.63, 3.8) is 0 Å². The number of aryl methyl sites for hydroxylation is 2. The van der Waals surface area contributed by atoms with Crippen LogP contribution >= 0.6 is 11.3 Å². The number of esters is 1. The quantitative estimate of drug-likeness (QED) is 0.867. The van der Waals surface area contributed by atoms with Crippen LogP contribution in [0.15, 0.2) is 23.6 Å². The molecule has 0 atom stereocenters. The van der Waals surface area contributed by atoms with E-state index in [4.69, 9.17) is 10.5 Å². The third-order valence-electron chi connectivity index (χ3n) is 2.98. The normalized spacial score (nSPS) is 10.5. The largest absolute Gasteiger partial charge is 0.462 e. The van der Waals surface area contributed by atoms with E-state index in [9.17, 15) is 4.79 Å². The number of thiophene rings is 1. The Bertz CT molecular complexity index is 617. The standard InChI is InChI=1S/C15H17NO2S/c1-4-18-15(17)12-8-19-14(16)13(12)11-7-9(2)5-6-10(11)3/h5-8H,4,16H2,1-3H3.